The lowest BCUT2D eigenvalue weighted by Gasteiger charge is -2.23. The van der Waals surface area contributed by atoms with Gasteiger partial charge in [-0.2, -0.15) is 0 Å². The topological polar surface area (TPSA) is 61.8 Å². The highest BCUT2D eigenvalue weighted by Gasteiger charge is 2.37. The van der Waals surface area contributed by atoms with Crippen LogP contribution in [0.5, 0.6) is 0 Å². The van der Waals surface area contributed by atoms with Crippen molar-refractivity contribution in [1.29, 1.82) is 0 Å². The van der Waals surface area contributed by atoms with Crippen LogP contribution in [-0.2, 0) is 9.53 Å². The number of hydrogen-bond acceptors (Lipinski definition) is 4. The van der Waals surface area contributed by atoms with Crippen molar-refractivity contribution in [3.63, 3.8) is 0 Å². The molecule has 3 unspecified atom stereocenters. The summed E-state index contributed by atoms with van der Waals surface area (Å²) in [5.74, 6) is 0.648. The van der Waals surface area contributed by atoms with Gasteiger partial charge in [-0.15, -0.1) is 0 Å². The molecule has 17 heavy (non-hydrogen) atoms. The molecule has 5 heteroatoms. The van der Waals surface area contributed by atoms with Gasteiger partial charge in [-0.1, -0.05) is 0 Å². The van der Waals surface area contributed by atoms with Crippen molar-refractivity contribution in [2.75, 3.05) is 40.0 Å². The van der Waals surface area contributed by atoms with Gasteiger partial charge in [0.2, 0.25) is 5.91 Å². The average molecular weight is 242 g/mol. The van der Waals surface area contributed by atoms with Crippen LogP contribution in [0.3, 0.4) is 0 Å². The summed E-state index contributed by atoms with van der Waals surface area (Å²) in [5, 5.41) is 12.1. The van der Waals surface area contributed by atoms with E-state index in [1.165, 1.54) is 0 Å². The molecule has 0 aromatic rings. The Morgan fingerprint density at radius 3 is 3.06 bits per heavy atom. The van der Waals surface area contributed by atoms with Crippen LogP contribution >= 0.6 is 0 Å². The van der Waals surface area contributed by atoms with Crippen LogP contribution in [-0.4, -0.2) is 61.9 Å². The fourth-order valence-corrected chi connectivity index (χ4v) is 2.77. The Morgan fingerprint density at radius 2 is 2.35 bits per heavy atom. The molecular weight excluding hydrogens is 220 g/mol. The molecule has 2 N–H and O–H groups in total. The average Bonchev–Trinajstić information content (AvgIpc) is 2.96. The van der Waals surface area contributed by atoms with E-state index in [0.29, 0.717) is 19.1 Å². The lowest BCUT2D eigenvalue weighted by Crippen LogP contribution is -2.44. The van der Waals surface area contributed by atoms with Gasteiger partial charge in [0.05, 0.1) is 19.1 Å². The molecule has 3 atom stereocenters. The smallest absolute Gasteiger partial charge is 0.229 e. The number of likely N-dealkylation sites (N-methyl/N-ethyl adjacent to an activating group) is 1. The third-order valence-electron chi connectivity index (χ3n) is 3.90. The molecule has 2 fully saturated rings. The van der Waals surface area contributed by atoms with E-state index in [9.17, 15) is 4.79 Å². The van der Waals surface area contributed by atoms with E-state index >= 15 is 0 Å². The van der Waals surface area contributed by atoms with E-state index in [0.717, 1.165) is 25.9 Å². The summed E-state index contributed by atoms with van der Waals surface area (Å²) in [6.07, 6.45) is 1.82. The number of rotatable bonds is 4. The van der Waals surface area contributed by atoms with Crippen LogP contribution in [0.1, 0.15) is 12.8 Å². The Hall–Kier alpha value is -0.650. The van der Waals surface area contributed by atoms with E-state index in [2.05, 4.69) is 5.32 Å². The largest absolute Gasteiger partial charge is 0.396 e. The second-order valence-electron chi connectivity index (χ2n) is 4.99. The van der Waals surface area contributed by atoms with E-state index in [1.807, 2.05) is 11.9 Å². The number of hydrogen-bond donors (Lipinski definition) is 2. The van der Waals surface area contributed by atoms with Gasteiger partial charge in [0, 0.05) is 25.7 Å². The van der Waals surface area contributed by atoms with Crippen molar-refractivity contribution in [2.45, 2.75) is 18.9 Å². The van der Waals surface area contributed by atoms with E-state index < -0.39 is 0 Å². The lowest BCUT2D eigenvalue weighted by molar-refractivity contribution is -0.135. The standard InChI is InChI=1S/C12H22N2O3/c1-13-11-8-17-7-10(11)12(16)14-4-2-9(6-14)3-5-15/h9-11,13,15H,2-8H2,1H3. The third-order valence-corrected chi connectivity index (χ3v) is 3.90. The van der Waals surface area contributed by atoms with Crippen molar-refractivity contribution < 1.29 is 14.6 Å². The first-order valence-electron chi connectivity index (χ1n) is 6.41. The molecule has 2 heterocycles. The molecule has 1 amide bonds. The van der Waals surface area contributed by atoms with Gasteiger partial charge in [-0.05, 0) is 25.8 Å². The lowest BCUT2D eigenvalue weighted by atomic mass is 10.0. The zero-order valence-corrected chi connectivity index (χ0v) is 10.4. The quantitative estimate of drug-likeness (QED) is 0.694. The van der Waals surface area contributed by atoms with Crippen molar-refractivity contribution >= 4 is 5.91 Å². The first-order valence-corrected chi connectivity index (χ1v) is 6.41. The Bertz CT molecular complexity index is 272. The first-order chi connectivity index (χ1) is 8.26. The first kappa shape index (κ1) is 12.8. The molecule has 2 aliphatic heterocycles. The molecule has 2 saturated heterocycles. The molecule has 0 aromatic heterocycles. The summed E-state index contributed by atoms with van der Waals surface area (Å²) in [6.45, 7) is 3.01. The van der Waals surface area contributed by atoms with Gasteiger partial charge < -0.3 is 20.1 Å². The molecule has 0 radical (unpaired) electrons. The highest BCUT2D eigenvalue weighted by molar-refractivity contribution is 5.80. The van der Waals surface area contributed by atoms with Crippen LogP contribution in [0.2, 0.25) is 0 Å². The van der Waals surface area contributed by atoms with Crippen molar-refractivity contribution in [2.24, 2.45) is 11.8 Å². The predicted molar refractivity (Wildman–Crippen MR) is 63.5 cm³/mol. The number of nitrogens with zero attached hydrogens (tertiary/aromatic N) is 1. The predicted octanol–water partition coefficient (Wildman–Crippen LogP) is -0.548. The molecule has 98 valence electrons. The maximum Gasteiger partial charge on any atom is 0.229 e. The summed E-state index contributed by atoms with van der Waals surface area (Å²) in [6, 6.07) is 0.152. The van der Waals surface area contributed by atoms with E-state index in [-0.39, 0.29) is 24.5 Å². The molecule has 0 spiro atoms. The van der Waals surface area contributed by atoms with Crippen molar-refractivity contribution in [1.82, 2.24) is 10.2 Å². The molecule has 5 nitrogen and oxygen atoms in total. The van der Waals surface area contributed by atoms with Crippen LogP contribution in [0.25, 0.3) is 0 Å². The summed E-state index contributed by atoms with van der Waals surface area (Å²) >= 11 is 0. The van der Waals surface area contributed by atoms with Gasteiger partial charge in [0.25, 0.3) is 0 Å². The second kappa shape index (κ2) is 5.80. The summed E-state index contributed by atoms with van der Waals surface area (Å²) in [4.78, 5) is 14.2. The molecule has 0 bridgehead atoms. The normalized spacial score (nSPS) is 33.3. The summed E-state index contributed by atoms with van der Waals surface area (Å²) in [5.41, 5.74) is 0. The minimum atomic E-state index is -0.0344. The Balaban J connectivity index is 1.88. The van der Waals surface area contributed by atoms with Crippen molar-refractivity contribution in [3.05, 3.63) is 0 Å². The number of aliphatic hydroxyl groups excluding tert-OH is 1. The Labute approximate surface area is 102 Å². The summed E-state index contributed by atoms with van der Waals surface area (Å²) in [7, 11) is 1.87. The number of carbonyl (C=O) groups is 1. The zero-order chi connectivity index (χ0) is 12.3. The van der Waals surface area contributed by atoms with Gasteiger partial charge >= 0.3 is 0 Å². The molecule has 2 rings (SSSR count). The molecule has 2 aliphatic rings. The molecule has 0 saturated carbocycles. The fourth-order valence-electron chi connectivity index (χ4n) is 2.77. The number of aliphatic hydroxyl groups is 1. The Kier molecular flexibility index (Phi) is 4.36. The third kappa shape index (κ3) is 2.78. The molecule has 0 aromatic carbocycles. The number of likely N-dealkylation sites (tertiary alicyclic amines) is 1. The zero-order valence-electron chi connectivity index (χ0n) is 10.4. The van der Waals surface area contributed by atoms with Gasteiger partial charge in [-0.3, -0.25) is 4.79 Å². The van der Waals surface area contributed by atoms with Crippen molar-refractivity contribution in [3.8, 4) is 0 Å². The number of amides is 1. The van der Waals surface area contributed by atoms with E-state index in [4.69, 9.17) is 9.84 Å². The highest BCUT2D eigenvalue weighted by atomic mass is 16.5. The Morgan fingerprint density at radius 1 is 1.53 bits per heavy atom. The molecular formula is C12H22N2O3. The fraction of sp³-hybridized carbons (Fsp3) is 0.917. The van der Waals surface area contributed by atoms with Gasteiger partial charge in [0.15, 0.2) is 0 Å². The maximum absolute atomic E-state index is 12.3. The van der Waals surface area contributed by atoms with Gasteiger partial charge in [-0.25, -0.2) is 0 Å². The minimum Gasteiger partial charge on any atom is -0.396 e. The number of carbonyl (C=O) groups excluding carboxylic acids is 1. The van der Waals surface area contributed by atoms with E-state index in [1.54, 1.807) is 0 Å². The maximum atomic E-state index is 12.3. The van der Waals surface area contributed by atoms with Crippen LogP contribution in [0.4, 0.5) is 0 Å². The van der Waals surface area contributed by atoms with Gasteiger partial charge in [0.1, 0.15) is 0 Å². The second-order valence-corrected chi connectivity index (χ2v) is 4.99. The molecule has 0 aliphatic carbocycles. The van der Waals surface area contributed by atoms with Crippen LogP contribution < -0.4 is 5.32 Å². The minimum absolute atomic E-state index is 0.0344. The van der Waals surface area contributed by atoms with Crippen LogP contribution in [0, 0.1) is 11.8 Å². The summed E-state index contributed by atoms with van der Waals surface area (Å²) < 4.78 is 5.37. The number of ether oxygens (including phenoxy) is 1. The highest BCUT2D eigenvalue weighted by Crippen LogP contribution is 2.23. The van der Waals surface area contributed by atoms with Crippen LogP contribution in [0.15, 0.2) is 0 Å². The monoisotopic (exact) mass is 242 g/mol. The number of nitrogens with one attached hydrogen (secondary N) is 1. The SMILES string of the molecule is CNC1COCC1C(=O)N1CCC(CCO)C1.